The summed E-state index contributed by atoms with van der Waals surface area (Å²) < 4.78 is 53.7. The third-order valence-electron chi connectivity index (χ3n) is 2.07. The molecule has 0 saturated heterocycles. The van der Waals surface area contributed by atoms with Gasteiger partial charge < -0.3 is 14.2 Å². The zero-order valence-corrected chi connectivity index (χ0v) is 13.1. The van der Waals surface area contributed by atoms with Gasteiger partial charge in [-0.05, 0) is 27.7 Å². The van der Waals surface area contributed by atoms with E-state index < -0.39 is 35.1 Å². The van der Waals surface area contributed by atoms with Gasteiger partial charge in [0.15, 0.2) is 11.3 Å². The molecule has 124 valence electrons. The molecule has 0 unspecified atom stereocenters. The van der Waals surface area contributed by atoms with E-state index in [9.17, 15) is 18.0 Å². The number of carbonyl (C=O) groups is 1. The molecule has 1 aromatic heterocycles. The Kier molecular flexibility index (Phi) is 5.50. The van der Waals surface area contributed by atoms with Crippen LogP contribution in [0.25, 0.3) is 0 Å². The van der Waals surface area contributed by atoms with Crippen molar-refractivity contribution in [1.82, 2.24) is 4.98 Å². The molecule has 0 aliphatic heterocycles. The Morgan fingerprint density at radius 2 is 1.91 bits per heavy atom. The molecule has 0 saturated carbocycles. The molecular weight excluding hydrogens is 327 g/mol. The zero-order chi connectivity index (χ0) is 17.1. The topological polar surface area (TPSA) is 57.7 Å². The van der Waals surface area contributed by atoms with E-state index in [4.69, 9.17) is 21.1 Å². The van der Waals surface area contributed by atoms with Crippen molar-refractivity contribution in [2.24, 2.45) is 0 Å². The van der Waals surface area contributed by atoms with Gasteiger partial charge in [0.2, 0.25) is 5.88 Å². The van der Waals surface area contributed by atoms with Crippen molar-refractivity contribution >= 4 is 17.8 Å². The molecule has 0 amide bonds. The molecular formula is C13H15ClF3NO4. The first-order valence-electron chi connectivity index (χ1n) is 6.25. The normalized spacial score (nSPS) is 12.0. The van der Waals surface area contributed by atoms with Crippen molar-refractivity contribution in [1.29, 1.82) is 0 Å². The Morgan fingerprint density at radius 1 is 1.32 bits per heavy atom. The molecule has 22 heavy (non-hydrogen) atoms. The SMILES string of the molecule is CCOc1nc(Cl)cc(OC(=O)OC(C)(C)C)c1C(F)(F)F. The van der Waals surface area contributed by atoms with Crippen molar-refractivity contribution in [3.8, 4) is 11.6 Å². The lowest BCUT2D eigenvalue weighted by molar-refractivity contribution is -0.140. The van der Waals surface area contributed by atoms with E-state index in [-0.39, 0.29) is 11.8 Å². The second-order valence-corrected chi connectivity index (χ2v) is 5.51. The molecule has 0 aromatic carbocycles. The number of nitrogens with zero attached hydrogens (tertiary/aromatic N) is 1. The Morgan fingerprint density at radius 3 is 2.36 bits per heavy atom. The van der Waals surface area contributed by atoms with Crippen molar-refractivity contribution < 1.29 is 32.2 Å². The molecule has 0 radical (unpaired) electrons. The molecule has 0 aliphatic carbocycles. The highest BCUT2D eigenvalue weighted by Crippen LogP contribution is 2.43. The van der Waals surface area contributed by atoms with Gasteiger partial charge in [-0.15, -0.1) is 0 Å². The smallest absolute Gasteiger partial charge is 0.477 e. The molecule has 1 heterocycles. The van der Waals surface area contributed by atoms with Gasteiger partial charge in [0, 0.05) is 6.07 Å². The monoisotopic (exact) mass is 341 g/mol. The van der Waals surface area contributed by atoms with Crippen LogP contribution >= 0.6 is 11.6 Å². The Labute approximate surface area is 130 Å². The van der Waals surface area contributed by atoms with Crippen LogP contribution in [-0.2, 0) is 10.9 Å². The summed E-state index contributed by atoms with van der Waals surface area (Å²) in [5.41, 5.74) is -2.25. The van der Waals surface area contributed by atoms with E-state index >= 15 is 0 Å². The molecule has 0 N–H and O–H groups in total. The van der Waals surface area contributed by atoms with Gasteiger partial charge >= 0.3 is 12.3 Å². The number of alkyl halides is 3. The average Bonchev–Trinajstić information content (AvgIpc) is 2.23. The van der Waals surface area contributed by atoms with E-state index in [1.807, 2.05) is 0 Å². The molecule has 1 rings (SSSR count). The second-order valence-electron chi connectivity index (χ2n) is 5.12. The zero-order valence-electron chi connectivity index (χ0n) is 12.4. The predicted octanol–water partition coefficient (Wildman–Crippen LogP) is 4.47. The van der Waals surface area contributed by atoms with Gasteiger partial charge in [0.05, 0.1) is 6.61 Å². The number of hydrogen-bond acceptors (Lipinski definition) is 5. The van der Waals surface area contributed by atoms with Crippen LogP contribution in [0.5, 0.6) is 11.6 Å². The summed E-state index contributed by atoms with van der Waals surface area (Å²) in [7, 11) is 0. The fraction of sp³-hybridized carbons (Fsp3) is 0.538. The van der Waals surface area contributed by atoms with Crippen LogP contribution in [0.4, 0.5) is 18.0 Å². The van der Waals surface area contributed by atoms with Gasteiger partial charge in [-0.1, -0.05) is 11.6 Å². The number of pyridine rings is 1. The van der Waals surface area contributed by atoms with Gasteiger partial charge in [0.25, 0.3) is 0 Å². The predicted molar refractivity (Wildman–Crippen MR) is 72.3 cm³/mol. The minimum absolute atomic E-state index is 0.0672. The van der Waals surface area contributed by atoms with Gasteiger partial charge in [0.1, 0.15) is 10.8 Å². The third-order valence-corrected chi connectivity index (χ3v) is 2.26. The maximum absolute atomic E-state index is 13.2. The molecule has 1 aromatic rings. The lowest BCUT2D eigenvalue weighted by atomic mass is 10.2. The van der Waals surface area contributed by atoms with E-state index in [0.717, 1.165) is 6.07 Å². The number of hydrogen-bond donors (Lipinski definition) is 0. The van der Waals surface area contributed by atoms with Crippen molar-refractivity contribution in [2.45, 2.75) is 39.5 Å². The number of halogens is 4. The number of carbonyl (C=O) groups excluding carboxylic acids is 1. The van der Waals surface area contributed by atoms with Crippen molar-refractivity contribution in [2.75, 3.05) is 6.61 Å². The fourth-order valence-corrected chi connectivity index (χ4v) is 1.59. The fourth-order valence-electron chi connectivity index (χ4n) is 1.41. The largest absolute Gasteiger partial charge is 0.514 e. The van der Waals surface area contributed by atoms with Crippen LogP contribution in [0, 0.1) is 0 Å². The van der Waals surface area contributed by atoms with Crippen LogP contribution in [0.1, 0.15) is 33.3 Å². The van der Waals surface area contributed by atoms with Gasteiger partial charge in [-0.25, -0.2) is 9.78 Å². The molecule has 9 heteroatoms. The van der Waals surface area contributed by atoms with E-state index in [2.05, 4.69) is 9.72 Å². The molecule has 0 atom stereocenters. The summed E-state index contributed by atoms with van der Waals surface area (Å²) in [6.07, 6.45) is -6.14. The Balaban J connectivity index is 3.25. The van der Waals surface area contributed by atoms with Crippen LogP contribution in [0.2, 0.25) is 5.15 Å². The van der Waals surface area contributed by atoms with E-state index in [1.165, 1.54) is 6.92 Å². The van der Waals surface area contributed by atoms with Crippen LogP contribution in [0.3, 0.4) is 0 Å². The lowest BCUT2D eigenvalue weighted by Crippen LogP contribution is -2.26. The quantitative estimate of drug-likeness (QED) is 0.600. The van der Waals surface area contributed by atoms with Crippen LogP contribution in [-0.4, -0.2) is 23.3 Å². The highest BCUT2D eigenvalue weighted by molar-refractivity contribution is 6.29. The molecule has 0 bridgehead atoms. The average molecular weight is 342 g/mol. The van der Waals surface area contributed by atoms with E-state index in [1.54, 1.807) is 20.8 Å². The van der Waals surface area contributed by atoms with Crippen LogP contribution < -0.4 is 9.47 Å². The summed E-state index contributed by atoms with van der Waals surface area (Å²) in [6, 6.07) is 0.775. The first-order valence-corrected chi connectivity index (χ1v) is 6.63. The minimum atomic E-state index is -4.85. The summed E-state index contributed by atoms with van der Waals surface area (Å²) in [5.74, 6) is -1.59. The standard InChI is InChI=1S/C13H15ClF3NO4/c1-5-20-10-9(13(15,16)17)7(6-8(14)18-10)21-11(19)22-12(2,3)4/h6H,5H2,1-4H3. The highest BCUT2D eigenvalue weighted by atomic mass is 35.5. The summed E-state index contributed by atoms with van der Waals surface area (Å²) >= 11 is 5.63. The summed E-state index contributed by atoms with van der Waals surface area (Å²) in [6.45, 7) is 6.05. The highest BCUT2D eigenvalue weighted by Gasteiger charge is 2.41. The second kappa shape index (κ2) is 6.60. The van der Waals surface area contributed by atoms with E-state index in [0.29, 0.717) is 0 Å². The van der Waals surface area contributed by atoms with Crippen molar-refractivity contribution in [3.05, 3.63) is 16.8 Å². The number of aromatic nitrogens is 1. The maximum atomic E-state index is 13.2. The van der Waals surface area contributed by atoms with Crippen molar-refractivity contribution in [3.63, 3.8) is 0 Å². The summed E-state index contributed by atoms with van der Waals surface area (Å²) in [5, 5.41) is -0.310. The molecule has 0 aliphatic rings. The number of ether oxygens (including phenoxy) is 3. The Hall–Kier alpha value is -1.70. The number of rotatable bonds is 3. The maximum Gasteiger partial charge on any atom is 0.514 e. The summed E-state index contributed by atoms with van der Waals surface area (Å²) in [4.78, 5) is 15.0. The first kappa shape index (κ1) is 18.3. The minimum Gasteiger partial charge on any atom is -0.477 e. The van der Waals surface area contributed by atoms with Gasteiger partial charge in [-0.3, -0.25) is 0 Å². The third kappa shape index (κ3) is 5.25. The molecule has 0 spiro atoms. The lowest BCUT2D eigenvalue weighted by Gasteiger charge is -2.20. The first-order chi connectivity index (χ1) is 9.94. The van der Waals surface area contributed by atoms with Crippen LogP contribution in [0.15, 0.2) is 6.07 Å². The van der Waals surface area contributed by atoms with Gasteiger partial charge in [-0.2, -0.15) is 13.2 Å². The Bertz CT molecular complexity index is 555. The molecule has 5 nitrogen and oxygen atoms in total. The molecule has 0 fully saturated rings.